The molecule has 1 aliphatic heterocycles. The van der Waals surface area contributed by atoms with Crippen LogP contribution < -0.4 is 5.73 Å². The maximum absolute atomic E-state index is 12.3. The van der Waals surface area contributed by atoms with Gasteiger partial charge in [0.2, 0.25) is 5.91 Å². The van der Waals surface area contributed by atoms with Gasteiger partial charge in [0.25, 0.3) is 0 Å². The van der Waals surface area contributed by atoms with Gasteiger partial charge in [-0.2, -0.15) is 0 Å². The van der Waals surface area contributed by atoms with E-state index in [1.54, 1.807) is 11.3 Å². The Morgan fingerprint density at radius 3 is 2.80 bits per heavy atom. The summed E-state index contributed by atoms with van der Waals surface area (Å²) in [5.41, 5.74) is 5.84. The first-order valence-electron chi connectivity index (χ1n) is 7.37. The molecule has 0 bridgehead atoms. The van der Waals surface area contributed by atoms with Gasteiger partial charge in [-0.05, 0) is 24.8 Å². The first-order chi connectivity index (χ1) is 9.58. The molecule has 4 nitrogen and oxygen atoms in total. The van der Waals surface area contributed by atoms with Gasteiger partial charge in [0, 0.05) is 43.6 Å². The lowest BCUT2D eigenvalue weighted by molar-refractivity contribution is -0.135. The van der Waals surface area contributed by atoms with Gasteiger partial charge >= 0.3 is 0 Å². The van der Waals surface area contributed by atoms with Crippen molar-refractivity contribution in [2.75, 3.05) is 26.2 Å². The van der Waals surface area contributed by atoms with Crippen LogP contribution in [0, 0.1) is 5.92 Å². The summed E-state index contributed by atoms with van der Waals surface area (Å²) in [5, 5.41) is 2.12. The maximum Gasteiger partial charge on any atom is 0.226 e. The molecule has 5 heteroatoms. The zero-order valence-electron chi connectivity index (χ0n) is 12.4. The molecule has 2 unspecified atom stereocenters. The van der Waals surface area contributed by atoms with E-state index in [-0.39, 0.29) is 17.9 Å². The summed E-state index contributed by atoms with van der Waals surface area (Å²) in [5.74, 6) is 0.122. The second kappa shape index (κ2) is 7.20. The van der Waals surface area contributed by atoms with E-state index in [2.05, 4.69) is 22.4 Å². The number of carbonyl (C=O) groups excluding carboxylic acids is 1. The number of amides is 1. The van der Waals surface area contributed by atoms with Crippen molar-refractivity contribution in [1.82, 2.24) is 9.80 Å². The van der Waals surface area contributed by atoms with Gasteiger partial charge in [-0.1, -0.05) is 13.0 Å². The van der Waals surface area contributed by atoms with Crippen LogP contribution in [0.15, 0.2) is 17.5 Å². The number of nitrogens with two attached hydrogens (primary N) is 1. The molecule has 0 saturated carbocycles. The topological polar surface area (TPSA) is 49.6 Å². The average molecular weight is 295 g/mol. The van der Waals surface area contributed by atoms with E-state index in [1.165, 1.54) is 4.88 Å². The molecule has 0 aromatic carbocycles. The minimum Gasteiger partial charge on any atom is -0.341 e. The summed E-state index contributed by atoms with van der Waals surface area (Å²) in [6, 6.07) is 4.20. The number of hydrogen-bond acceptors (Lipinski definition) is 4. The summed E-state index contributed by atoms with van der Waals surface area (Å²) in [6.07, 6.45) is 1.04. The molecule has 0 aliphatic carbocycles. The SMILES string of the molecule is CC(N)C(C)C(=O)N1CCCN(Cc2cccs2)CC1. The Hall–Kier alpha value is -0.910. The molecular formula is C15H25N3OS. The molecule has 112 valence electrons. The van der Waals surface area contributed by atoms with E-state index in [4.69, 9.17) is 5.73 Å². The standard InChI is InChI=1S/C15H25N3OS/c1-12(13(2)16)15(19)18-7-4-6-17(8-9-18)11-14-5-3-10-20-14/h3,5,10,12-13H,4,6-9,11,16H2,1-2H3. The van der Waals surface area contributed by atoms with Crippen LogP contribution in [-0.2, 0) is 11.3 Å². The van der Waals surface area contributed by atoms with E-state index >= 15 is 0 Å². The fourth-order valence-electron chi connectivity index (χ4n) is 2.49. The van der Waals surface area contributed by atoms with Crippen molar-refractivity contribution in [3.05, 3.63) is 22.4 Å². The van der Waals surface area contributed by atoms with Gasteiger partial charge in [0.1, 0.15) is 0 Å². The third-order valence-electron chi connectivity index (χ3n) is 4.04. The summed E-state index contributed by atoms with van der Waals surface area (Å²) >= 11 is 1.80. The fraction of sp³-hybridized carbons (Fsp3) is 0.667. The van der Waals surface area contributed by atoms with Crippen LogP contribution in [0.1, 0.15) is 25.1 Å². The minimum atomic E-state index is -0.0844. The molecule has 1 aromatic heterocycles. The summed E-state index contributed by atoms with van der Waals surface area (Å²) in [6.45, 7) is 8.54. The van der Waals surface area contributed by atoms with Crippen LogP contribution in [0.4, 0.5) is 0 Å². The normalized spacial score (nSPS) is 20.4. The van der Waals surface area contributed by atoms with Gasteiger partial charge in [0.15, 0.2) is 0 Å². The Morgan fingerprint density at radius 1 is 1.35 bits per heavy atom. The molecule has 20 heavy (non-hydrogen) atoms. The summed E-state index contributed by atoms with van der Waals surface area (Å²) in [4.78, 5) is 18.2. The average Bonchev–Trinajstić information content (AvgIpc) is 2.82. The predicted octanol–water partition coefficient (Wildman–Crippen LogP) is 1.77. The monoisotopic (exact) mass is 295 g/mol. The quantitative estimate of drug-likeness (QED) is 0.921. The second-order valence-corrected chi connectivity index (χ2v) is 6.71. The Bertz CT molecular complexity index is 419. The molecule has 1 fully saturated rings. The smallest absolute Gasteiger partial charge is 0.226 e. The van der Waals surface area contributed by atoms with Crippen LogP contribution >= 0.6 is 11.3 Å². The molecule has 0 radical (unpaired) electrons. The van der Waals surface area contributed by atoms with E-state index in [0.717, 1.165) is 39.1 Å². The number of hydrogen-bond donors (Lipinski definition) is 1. The third kappa shape index (κ3) is 4.04. The lowest BCUT2D eigenvalue weighted by Crippen LogP contribution is -2.43. The number of carbonyl (C=O) groups is 1. The fourth-order valence-corrected chi connectivity index (χ4v) is 3.23. The van der Waals surface area contributed by atoms with Crippen molar-refractivity contribution in [1.29, 1.82) is 0 Å². The molecule has 0 spiro atoms. The third-order valence-corrected chi connectivity index (χ3v) is 4.90. The molecule has 1 aromatic rings. The van der Waals surface area contributed by atoms with E-state index in [0.29, 0.717) is 0 Å². The van der Waals surface area contributed by atoms with Gasteiger partial charge < -0.3 is 10.6 Å². The second-order valence-electron chi connectivity index (χ2n) is 5.68. The number of rotatable bonds is 4. The van der Waals surface area contributed by atoms with Crippen LogP contribution in [0.2, 0.25) is 0 Å². The highest BCUT2D eigenvalue weighted by Crippen LogP contribution is 2.15. The van der Waals surface area contributed by atoms with Gasteiger partial charge in [-0.3, -0.25) is 9.69 Å². The van der Waals surface area contributed by atoms with Crippen molar-refractivity contribution < 1.29 is 4.79 Å². The molecular weight excluding hydrogens is 270 g/mol. The highest BCUT2D eigenvalue weighted by molar-refractivity contribution is 7.09. The Kier molecular flexibility index (Phi) is 5.57. The zero-order valence-corrected chi connectivity index (χ0v) is 13.2. The summed E-state index contributed by atoms with van der Waals surface area (Å²) < 4.78 is 0. The molecule has 1 amide bonds. The highest BCUT2D eigenvalue weighted by Gasteiger charge is 2.25. The zero-order chi connectivity index (χ0) is 14.5. The summed E-state index contributed by atoms with van der Waals surface area (Å²) in [7, 11) is 0. The molecule has 2 heterocycles. The molecule has 2 atom stereocenters. The Morgan fingerprint density at radius 2 is 2.15 bits per heavy atom. The molecule has 1 aliphatic rings. The molecule has 1 saturated heterocycles. The van der Waals surface area contributed by atoms with Crippen LogP contribution in [-0.4, -0.2) is 47.9 Å². The van der Waals surface area contributed by atoms with Crippen LogP contribution in [0.5, 0.6) is 0 Å². The largest absolute Gasteiger partial charge is 0.341 e. The van der Waals surface area contributed by atoms with E-state index in [1.807, 2.05) is 18.7 Å². The minimum absolute atomic E-state index is 0.0759. The predicted molar refractivity (Wildman–Crippen MR) is 83.6 cm³/mol. The maximum atomic E-state index is 12.3. The lowest BCUT2D eigenvalue weighted by atomic mass is 10.0. The first kappa shape index (κ1) is 15.5. The molecule has 2 N–H and O–H groups in total. The number of thiophene rings is 1. The Balaban J connectivity index is 1.87. The van der Waals surface area contributed by atoms with Gasteiger partial charge in [-0.25, -0.2) is 0 Å². The van der Waals surface area contributed by atoms with Crippen molar-refractivity contribution in [2.45, 2.75) is 32.9 Å². The van der Waals surface area contributed by atoms with Crippen LogP contribution in [0.25, 0.3) is 0 Å². The van der Waals surface area contributed by atoms with Gasteiger partial charge in [0.05, 0.1) is 5.92 Å². The first-order valence-corrected chi connectivity index (χ1v) is 8.25. The van der Waals surface area contributed by atoms with E-state index < -0.39 is 0 Å². The van der Waals surface area contributed by atoms with Crippen molar-refractivity contribution in [3.8, 4) is 0 Å². The van der Waals surface area contributed by atoms with Crippen LogP contribution in [0.3, 0.4) is 0 Å². The molecule has 2 rings (SSSR count). The lowest BCUT2D eigenvalue weighted by Gasteiger charge is -2.26. The number of nitrogens with zero attached hydrogens (tertiary/aromatic N) is 2. The van der Waals surface area contributed by atoms with Crippen molar-refractivity contribution >= 4 is 17.2 Å². The van der Waals surface area contributed by atoms with Crippen molar-refractivity contribution in [3.63, 3.8) is 0 Å². The van der Waals surface area contributed by atoms with Gasteiger partial charge in [-0.15, -0.1) is 11.3 Å². The van der Waals surface area contributed by atoms with Crippen molar-refractivity contribution in [2.24, 2.45) is 11.7 Å². The van der Waals surface area contributed by atoms with E-state index in [9.17, 15) is 4.79 Å². The Labute approximate surface area is 125 Å². The highest BCUT2D eigenvalue weighted by atomic mass is 32.1.